The largest absolute Gasteiger partial charge is 0.381 e. The molecule has 0 bridgehead atoms. The van der Waals surface area contributed by atoms with E-state index in [4.69, 9.17) is 4.74 Å². The van der Waals surface area contributed by atoms with Crippen molar-refractivity contribution in [2.45, 2.75) is 46.2 Å². The van der Waals surface area contributed by atoms with Gasteiger partial charge in [0.2, 0.25) is 0 Å². The van der Waals surface area contributed by atoms with Crippen molar-refractivity contribution in [2.24, 2.45) is 4.99 Å². The van der Waals surface area contributed by atoms with Gasteiger partial charge in [-0.2, -0.15) is 0 Å². The maximum atomic E-state index is 5.59. The van der Waals surface area contributed by atoms with Crippen LogP contribution in [0.3, 0.4) is 0 Å². The predicted octanol–water partition coefficient (Wildman–Crippen LogP) is 3.19. The summed E-state index contributed by atoms with van der Waals surface area (Å²) in [5.74, 6) is 0.855. The third-order valence-electron chi connectivity index (χ3n) is 4.11. The average Bonchev–Trinajstić information content (AvgIpc) is 3.19. The summed E-state index contributed by atoms with van der Waals surface area (Å²) in [4.78, 5) is 8.75. The van der Waals surface area contributed by atoms with Crippen LogP contribution in [-0.4, -0.2) is 41.8 Å². The van der Waals surface area contributed by atoms with Gasteiger partial charge < -0.3 is 19.9 Å². The molecule has 0 aliphatic rings. The number of aliphatic imine (C=N–C) groups is 1. The van der Waals surface area contributed by atoms with Gasteiger partial charge in [-0.25, -0.2) is 9.98 Å². The number of nitrogens with one attached hydrogen (secondary N) is 2. The van der Waals surface area contributed by atoms with Crippen LogP contribution in [0.1, 0.15) is 44.2 Å². The van der Waals surface area contributed by atoms with Gasteiger partial charge in [-0.15, -0.1) is 0 Å². The van der Waals surface area contributed by atoms with E-state index in [-0.39, 0.29) is 0 Å². The third-order valence-corrected chi connectivity index (χ3v) is 4.11. The van der Waals surface area contributed by atoms with Gasteiger partial charge >= 0.3 is 0 Å². The first-order chi connectivity index (χ1) is 13.3. The second kappa shape index (κ2) is 12.9. The monoisotopic (exact) mass is 371 g/mol. The van der Waals surface area contributed by atoms with Crippen molar-refractivity contribution in [3.63, 3.8) is 0 Å². The molecule has 148 valence electrons. The third kappa shape index (κ3) is 8.73. The molecule has 2 N–H and O–H groups in total. The topological polar surface area (TPSA) is 63.5 Å². The Bertz CT molecular complexity index is 637. The van der Waals surface area contributed by atoms with Gasteiger partial charge in [0.15, 0.2) is 5.96 Å². The van der Waals surface area contributed by atoms with Crippen LogP contribution in [0.2, 0.25) is 0 Å². The fraction of sp³-hybridized carbons (Fsp3) is 0.524. The number of guanidine groups is 1. The van der Waals surface area contributed by atoms with Crippen molar-refractivity contribution in [1.82, 2.24) is 20.2 Å². The minimum absolute atomic E-state index is 0.660. The number of rotatable bonds is 12. The maximum Gasteiger partial charge on any atom is 0.191 e. The van der Waals surface area contributed by atoms with Crippen molar-refractivity contribution in [3.8, 4) is 0 Å². The molecule has 27 heavy (non-hydrogen) atoms. The molecule has 0 amide bonds. The molecule has 0 aliphatic heterocycles. The highest BCUT2D eigenvalue weighted by molar-refractivity contribution is 5.79. The van der Waals surface area contributed by atoms with Crippen LogP contribution < -0.4 is 10.6 Å². The summed E-state index contributed by atoms with van der Waals surface area (Å²) in [5, 5.41) is 6.66. The molecule has 0 aliphatic carbocycles. The van der Waals surface area contributed by atoms with Gasteiger partial charge in [0.25, 0.3) is 0 Å². The summed E-state index contributed by atoms with van der Waals surface area (Å²) in [7, 11) is 0. The second-order valence-corrected chi connectivity index (χ2v) is 6.49. The zero-order chi connectivity index (χ0) is 19.2. The molecule has 0 atom stereocenters. The van der Waals surface area contributed by atoms with Crippen LogP contribution in [0.15, 0.2) is 48.0 Å². The molecule has 0 saturated heterocycles. The normalized spacial score (nSPS) is 11.6. The lowest BCUT2D eigenvalue weighted by Crippen LogP contribution is -2.38. The second-order valence-electron chi connectivity index (χ2n) is 6.49. The number of unbranched alkanes of at least 4 members (excludes halogenated alkanes) is 1. The molecule has 2 aromatic rings. The number of aromatic nitrogens is 2. The van der Waals surface area contributed by atoms with E-state index >= 15 is 0 Å². The van der Waals surface area contributed by atoms with Crippen LogP contribution in [0.5, 0.6) is 0 Å². The fourth-order valence-corrected chi connectivity index (χ4v) is 2.58. The summed E-state index contributed by atoms with van der Waals surface area (Å²) < 4.78 is 7.65. The molecule has 1 heterocycles. The maximum absolute atomic E-state index is 5.59. The SMILES string of the molecule is CCCCOCCCNC(=NCc1ccc(Cn2ccnc2)cc1)NCC. The van der Waals surface area contributed by atoms with Crippen LogP contribution in [0.25, 0.3) is 0 Å². The fourth-order valence-electron chi connectivity index (χ4n) is 2.58. The Morgan fingerprint density at radius 1 is 1.07 bits per heavy atom. The number of benzene rings is 1. The molecular formula is C21H33N5O. The molecule has 0 spiro atoms. The highest BCUT2D eigenvalue weighted by atomic mass is 16.5. The van der Waals surface area contributed by atoms with Gasteiger partial charge in [0, 0.05) is 45.2 Å². The molecule has 0 unspecified atom stereocenters. The van der Waals surface area contributed by atoms with Gasteiger partial charge in [0.05, 0.1) is 12.9 Å². The van der Waals surface area contributed by atoms with Gasteiger partial charge in [0.1, 0.15) is 0 Å². The summed E-state index contributed by atoms with van der Waals surface area (Å²) >= 11 is 0. The van der Waals surface area contributed by atoms with Crippen molar-refractivity contribution in [3.05, 3.63) is 54.1 Å². The van der Waals surface area contributed by atoms with E-state index in [1.807, 2.05) is 12.5 Å². The van der Waals surface area contributed by atoms with Crippen LogP contribution in [0.4, 0.5) is 0 Å². The molecule has 6 heteroatoms. The van der Waals surface area contributed by atoms with E-state index < -0.39 is 0 Å². The van der Waals surface area contributed by atoms with Crippen molar-refractivity contribution < 1.29 is 4.74 Å². The van der Waals surface area contributed by atoms with Crippen LogP contribution in [-0.2, 0) is 17.8 Å². The standard InChI is InChI=1S/C21H33N5O/c1-3-5-14-27-15-6-11-24-21(23-4-2)25-16-19-7-9-20(10-8-19)17-26-13-12-22-18-26/h7-10,12-13,18H,3-6,11,14-17H2,1-2H3,(H2,23,24,25). The number of hydrogen-bond acceptors (Lipinski definition) is 3. The lowest BCUT2D eigenvalue weighted by atomic mass is 10.1. The number of nitrogens with zero attached hydrogens (tertiary/aromatic N) is 3. The zero-order valence-electron chi connectivity index (χ0n) is 16.7. The molecule has 6 nitrogen and oxygen atoms in total. The molecular weight excluding hydrogens is 338 g/mol. The minimum Gasteiger partial charge on any atom is -0.381 e. The predicted molar refractivity (Wildman–Crippen MR) is 111 cm³/mol. The first kappa shape index (κ1) is 21.0. The number of imidazole rings is 1. The van der Waals surface area contributed by atoms with Crippen LogP contribution >= 0.6 is 0 Å². The molecule has 2 rings (SSSR count). The highest BCUT2D eigenvalue weighted by Gasteiger charge is 1.99. The molecule has 0 fully saturated rings. The van der Waals surface area contributed by atoms with E-state index in [2.05, 4.69) is 63.3 Å². The van der Waals surface area contributed by atoms with E-state index in [1.165, 1.54) is 17.5 Å². The first-order valence-electron chi connectivity index (χ1n) is 9.95. The van der Waals surface area contributed by atoms with Gasteiger partial charge in [-0.05, 0) is 30.9 Å². The number of ether oxygens (including phenoxy) is 1. The summed E-state index contributed by atoms with van der Waals surface area (Å²) in [6, 6.07) is 8.58. The minimum atomic E-state index is 0.660. The van der Waals surface area contributed by atoms with Crippen molar-refractivity contribution in [1.29, 1.82) is 0 Å². The summed E-state index contributed by atoms with van der Waals surface area (Å²) in [6.45, 7) is 9.13. The first-order valence-corrected chi connectivity index (χ1v) is 9.95. The van der Waals surface area contributed by atoms with Gasteiger partial charge in [-0.1, -0.05) is 37.6 Å². The smallest absolute Gasteiger partial charge is 0.191 e. The van der Waals surface area contributed by atoms with E-state index in [9.17, 15) is 0 Å². The lowest BCUT2D eigenvalue weighted by molar-refractivity contribution is 0.129. The van der Waals surface area contributed by atoms with Crippen molar-refractivity contribution in [2.75, 3.05) is 26.3 Å². The molecule has 1 aromatic heterocycles. The van der Waals surface area contributed by atoms with Gasteiger partial charge in [-0.3, -0.25) is 0 Å². The molecule has 1 aromatic carbocycles. The lowest BCUT2D eigenvalue weighted by Gasteiger charge is -2.11. The van der Waals surface area contributed by atoms with Crippen LogP contribution in [0, 0.1) is 0 Å². The van der Waals surface area contributed by atoms with Crippen molar-refractivity contribution >= 4 is 5.96 Å². The Morgan fingerprint density at radius 2 is 1.85 bits per heavy atom. The number of hydrogen-bond donors (Lipinski definition) is 2. The Balaban J connectivity index is 1.74. The Labute approximate surface area is 163 Å². The highest BCUT2D eigenvalue weighted by Crippen LogP contribution is 2.07. The Kier molecular flexibility index (Phi) is 10.0. The quantitative estimate of drug-likeness (QED) is 0.342. The molecule has 0 radical (unpaired) electrons. The summed E-state index contributed by atoms with van der Waals surface area (Å²) in [5.41, 5.74) is 2.46. The zero-order valence-corrected chi connectivity index (χ0v) is 16.7. The molecule has 0 saturated carbocycles. The van der Waals surface area contributed by atoms with E-state index in [1.54, 1.807) is 6.20 Å². The Morgan fingerprint density at radius 3 is 2.56 bits per heavy atom. The van der Waals surface area contributed by atoms with E-state index in [0.717, 1.165) is 51.6 Å². The summed E-state index contributed by atoms with van der Waals surface area (Å²) in [6.07, 6.45) is 8.91. The van der Waals surface area contributed by atoms with E-state index in [0.29, 0.717) is 6.54 Å². The average molecular weight is 372 g/mol. The Hall–Kier alpha value is -2.34.